The number of rotatable bonds is 2. The summed E-state index contributed by atoms with van der Waals surface area (Å²) in [5.41, 5.74) is 1.14. The summed E-state index contributed by atoms with van der Waals surface area (Å²) in [5.74, 6) is 1.97. The van der Waals surface area contributed by atoms with Gasteiger partial charge in [-0.25, -0.2) is 0 Å². The zero-order chi connectivity index (χ0) is 11.4. The van der Waals surface area contributed by atoms with Crippen LogP contribution in [-0.2, 0) is 4.65 Å². The van der Waals surface area contributed by atoms with Crippen LogP contribution in [0.5, 0.6) is 0 Å². The summed E-state index contributed by atoms with van der Waals surface area (Å²) in [6, 6.07) is 10.1. The van der Waals surface area contributed by atoms with Crippen molar-refractivity contribution in [1.29, 1.82) is 0 Å². The lowest BCUT2D eigenvalue weighted by molar-refractivity contribution is 0.173. The molecule has 0 spiro atoms. The van der Waals surface area contributed by atoms with E-state index in [-0.39, 0.29) is 6.10 Å². The molecule has 1 aromatic carbocycles. The van der Waals surface area contributed by atoms with Crippen LogP contribution in [0.2, 0.25) is 0 Å². The van der Waals surface area contributed by atoms with E-state index in [2.05, 4.69) is 6.92 Å². The molecule has 0 fully saturated rings. The van der Waals surface area contributed by atoms with Crippen LogP contribution >= 0.6 is 0 Å². The molecule has 1 aromatic rings. The van der Waals surface area contributed by atoms with Crippen molar-refractivity contribution in [2.45, 2.75) is 13.0 Å². The molecule has 0 unspecified atom stereocenters. The van der Waals surface area contributed by atoms with Gasteiger partial charge < -0.3 is 9.68 Å². The van der Waals surface area contributed by atoms with Crippen LogP contribution < -0.4 is 0 Å². The van der Waals surface area contributed by atoms with Crippen LogP contribution in [0, 0.1) is 5.92 Å². The topological polar surface area (TPSA) is 29.5 Å². The molecule has 2 atom stereocenters. The largest absolute Gasteiger partial charge is 0.483 e. The van der Waals surface area contributed by atoms with Gasteiger partial charge in [0.05, 0.1) is 6.10 Å². The summed E-state index contributed by atoms with van der Waals surface area (Å²) in [6.45, 7) is 2.07. The van der Waals surface area contributed by atoms with Crippen molar-refractivity contribution in [2.24, 2.45) is 5.92 Å². The maximum atomic E-state index is 9.35. The summed E-state index contributed by atoms with van der Waals surface area (Å²) in [6.07, 6.45) is 5.94. The lowest BCUT2D eigenvalue weighted by Crippen LogP contribution is -2.31. The second-order valence-electron chi connectivity index (χ2n) is 4.01. The normalized spacial score (nSPS) is 25.2. The van der Waals surface area contributed by atoms with Crippen molar-refractivity contribution < 1.29 is 9.68 Å². The third-order valence-electron chi connectivity index (χ3n) is 2.67. The Hall–Kier alpha value is -1.32. The number of hydrogen-bond acceptors (Lipinski definition) is 2. The fraction of sp³-hybridized carbons (Fsp3) is 0.231. The standard InChI is InChI=1S/C13H15BO2/c1-11-9-10-14(15)16-13(11)8-7-12-5-3-2-4-6-12/h2-11,13,15H,1H3/b8-7+/t11-,13-/m1/s1. The Kier molecular flexibility index (Phi) is 3.60. The van der Waals surface area contributed by atoms with E-state index in [4.69, 9.17) is 4.65 Å². The molecule has 2 nitrogen and oxygen atoms in total. The summed E-state index contributed by atoms with van der Waals surface area (Å²) in [4.78, 5) is 0. The molecule has 0 aliphatic carbocycles. The van der Waals surface area contributed by atoms with Gasteiger partial charge in [-0.2, -0.15) is 0 Å². The van der Waals surface area contributed by atoms with E-state index in [1.54, 1.807) is 5.98 Å². The molecule has 1 aliphatic rings. The maximum Gasteiger partial charge on any atom is 0.483 e. The van der Waals surface area contributed by atoms with Crippen molar-refractivity contribution in [3.05, 3.63) is 54.0 Å². The van der Waals surface area contributed by atoms with E-state index in [1.165, 1.54) is 0 Å². The minimum atomic E-state index is -0.776. The van der Waals surface area contributed by atoms with Crippen molar-refractivity contribution in [2.75, 3.05) is 0 Å². The number of benzene rings is 1. The molecule has 0 amide bonds. The summed E-state index contributed by atoms with van der Waals surface area (Å²) in [5, 5.41) is 9.35. The van der Waals surface area contributed by atoms with Gasteiger partial charge in [0.2, 0.25) is 0 Å². The average molecular weight is 214 g/mol. The first kappa shape index (κ1) is 11.2. The molecule has 16 heavy (non-hydrogen) atoms. The first-order valence-electron chi connectivity index (χ1n) is 5.51. The van der Waals surface area contributed by atoms with E-state index >= 15 is 0 Å². The smallest absolute Gasteiger partial charge is 0.423 e. The molecular weight excluding hydrogens is 199 g/mol. The Labute approximate surface area is 96.4 Å². The fourth-order valence-corrected chi connectivity index (χ4v) is 1.70. The lowest BCUT2D eigenvalue weighted by atomic mass is 9.82. The number of hydrogen-bond donors (Lipinski definition) is 1. The van der Waals surface area contributed by atoms with Crippen molar-refractivity contribution >= 4 is 13.2 Å². The molecule has 1 heterocycles. The van der Waals surface area contributed by atoms with E-state index in [1.807, 2.05) is 48.6 Å². The van der Waals surface area contributed by atoms with Crippen LogP contribution in [0.3, 0.4) is 0 Å². The Morgan fingerprint density at radius 1 is 1.31 bits per heavy atom. The van der Waals surface area contributed by atoms with E-state index in [0.29, 0.717) is 5.92 Å². The SMILES string of the molecule is C[C@@H]1C=CB(O)O[C@@H]1/C=C/c1ccccc1. The van der Waals surface area contributed by atoms with Gasteiger partial charge in [0.1, 0.15) is 0 Å². The minimum absolute atomic E-state index is 0.0554. The van der Waals surface area contributed by atoms with Gasteiger partial charge in [-0.1, -0.05) is 61.5 Å². The quantitative estimate of drug-likeness (QED) is 0.765. The predicted molar refractivity (Wildman–Crippen MR) is 66.6 cm³/mol. The van der Waals surface area contributed by atoms with Crippen molar-refractivity contribution in [1.82, 2.24) is 0 Å². The lowest BCUT2D eigenvalue weighted by Gasteiger charge is -2.24. The molecular formula is C13H15BO2. The van der Waals surface area contributed by atoms with Crippen LogP contribution in [0.1, 0.15) is 12.5 Å². The second-order valence-corrected chi connectivity index (χ2v) is 4.01. The highest BCUT2D eigenvalue weighted by Gasteiger charge is 2.23. The molecule has 2 rings (SSSR count). The molecule has 0 saturated heterocycles. The van der Waals surface area contributed by atoms with Crippen LogP contribution in [0.15, 0.2) is 48.5 Å². The summed E-state index contributed by atoms with van der Waals surface area (Å²) >= 11 is 0. The van der Waals surface area contributed by atoms with Gasteiger partial charge in [0.25, 0.3) is 0 Å². The Morgan fingerprint density at radius 3 is 2.81 bits per heavy atom. The first-order chi connectivity index (χ1) is 7.75. The minimum Gasteiger partial charge on any atom is -0.423 e. The zero-order valence-electron chi connectivity index (χ0n) is 9.28. The molecule has 3 heteroatoms. The van der Waals surface area contributed by atoms with Crippen LogP contribution in [-0.4, -0.2) is 18.2 Å². The zero-order valence-corrected chi connectivity index (χ0v) is 9.28. The van der Waals surface area contributed by atoms with E-state index in [0.717, 1.165) is 5.56 Å². The predicted octanol–water partition coefficient (Wildman–Crippen LogP) is 2.31. The summed E-state index contributed by atoms with van der Waals surface area (Å²) < 4.78 is 5.40. The van der Waals surface area contributed by atoms with Crippen molar-refractivity contribution in [3.63, 3.8) is 0 Å². The molecule has 1 N–H and O–H groups in total. The summed E-state index contributed by atoms with van der Waals surface area (Å²) in [7, 11) is -0.776. The Bertz CT molecular complexity index is 386. The monoisotopic (exact) mass is 214 g/mol. The third-order valence-corrected chi connectivity index (χ3v) is 2.67. The molecule has 1 aliphatic heterocycles. The Morgan fingerprint density at radius 2 is 2.06 bits per heavy atom. The highest BCUT2D eigenvalue weighted by atomic mass is 16.5. The molecule has 0 radical (unpaired) electrons. The average Bonchev–Trinajstić information content (AvgIpc) is 2.32. The maximum absolute atomic E-state index is 9.35. The second kappa shape index (κ2) is 5.15. The molecule has 0 aromatic heterocycles. The van der Waals surface area contributed by atoms with E-state index in [9.17, 15) is 5.02 Å². The third kappa shape index (κ3) is 2.84. The Balaban J connectivity index is 2.04. The van der Waals surface area contributed by atoms with Gasteiger partial charge in [0.15, 0.2) is 0 Å². The van der Waals surface area contributed by atoms with E-state index < -0.39 is 7.12 Å². The molecule has 82 valence electrons. The van der Waals surface area contributed by atoms with Gasteiger partial charge in [-0.3, -0.25) is 0 Å². The van der Waals surface area contributed by atoms with Crippen molar-refractivity contribution in [3.8, 4) is 0 Å². The van der Waals surface area contributed by atoms with Crippen LogP contribution in [0.4, 0.5) is 0 Å². The van der Waals surface area contributed by atoms with Crippen LogP contribution in [0.25, 0.3) is 6.08 Å². The van der Waals surface area contributed by atoms with Gasteiger partial charge in [-0.05, 0) is 5.56 Å². The first-order valence-corrected chi connectivity index (χ1v) is 5.51. The molecule has 0 saturated carbocycles. The van der Waals surface area contributed by atoms with Gasteiger partial charge in [-0.15, -0.1) is 0 Å². The fourth-order valence-electron chi connectivity index (χ4n) is 1.70. The van der Waals surface area contributed by atoms with Gasteiger partial charge >= 0.3 is 7.12 Å². The molecule has 0 bridgehead atoms. The van der Waals surface area contributed by atoms with Gasteiger partial charge in [0, 0.05) is 5.92 Å². The highest BCUT2D eigenvalue weighted by Crippen LogP contribution is 2.17. The highest BCUT2D eigenvalue weighted by molar-refractivity contribution is 6.49.